The average molecular weight is 141 g/mol. The van der Waals surface area contributed by atoms with Crippen molar-refractivity contribution in [2.24, 2.45) is 5.92 Å². The molecule has 0 aromatic carbocycles. The van der Waals surface area contributed by atoms with Crippen LogP contribution in [0.1, 0.15) is 19.3 Å². The van der Waals surface area contributed by atoms with Gasteiger partial charge in [-0.25, -0.2) is 0 Å². The van der Waals surface area contributed by atoms with Crippen molar-refractivity contribution >= 4 is 0 Å². The molecule has 2 rings (SSSR count). The molecule has 0 aromatic heterocycles. The number of hydrogen-bond donors (Lipinski definition) is 1. The highest BCUT2D eigenvalue weighted by atomic mass is 16.5. The second-order valence-electron chi connectivity index (χ2n) is 3.30. The summed E-state index contributed by atoms with van der Waals surface area (Å²) in [5.41, 5.74) is 0. The zero-order valence-electron chi connectivity index (χ0n) is 6.31. The zero-order chi connectivity index (χ0) is 6.81. The lowest BCUT2D eigenvalue weighted by Gasteiger charge is -2.36. The van der Waals surface area contributed by atoms with E-state index in [0.717, 1.165) is 12.5 Å². The number of nitrogens with one attached hydrogen (secondary N) is 1. The first kappa shape index (κ1) is 6.62. The van der Waals surface area contributed by atoms with Gasteiger partial charge in [0.1, 0.15) is 0 Å². The molecule has 2 heterocycles. The first-order chi connectivity index (χ1) is 4.97. The lowest BCUT2D eigenvalue weighted by Crippen LogP contribution is -2.42. The molecule has 2 aliphatic heterocycles. The maximum Gasteiger partial charge on any atom is 0.0637 e. The molecule has 58 valence electrons. The molecule has 0 spiro atoms. The van der Waals surface area contributed by atoms with Crippen molar-refractivity contribution < 1.29 is 4.74 Å². The van der Waals surface area contributed by atoms with E-state index in [9.17, 15) is 0 Å². The molecule has 2 atom stereocenters. The van der Waals surface area contributed by atoms with Crippen molar-refractivity contribution in [1.82, 2.24) is 5.32 Å². The summed E-state index contributed by atoms with van der Waals surface area (Å²) in [7, 11) is 0. The van der Waals surface area contributed by atoms with Crippen LogP contribution in [0.3, 0.4) is 0 Å². The minimum absolute atomic E-state index is 0.604. The summed E-state index contributed by atoms with van der Waals surface area (Å²) in [6.07, 6.45) is 4.61. The molecule has 2 fully saturated rings. The Morgan fingerprint density at radius 1 is 1.30 bits per heavy atom. The van der Waals surface area contributed by atoms with Crippen molar-refractivity contribution in [3.63, 3.8) is 0 Å². The van der Waals surface area contributed by atoms with Gasteiger partial charge in [-0.2, -0.15) is 0 Å². The molecule has 0 saturated carbocycles. The summed E-state index contributed by atoms with van der Waals surface area (Å²) in [6, 6.07) is 0. The number of piperidine rings is 1. The Morgan fingerprint density at radius 3 is 2.70 bits per heavy atom. The van der Waals surface area contributed by atoms with Crippen LogP contribution in [0.4, 0.5) is 0 Å². The summed E-state index contributed by atoms with van der Waals surface area (Å²) in [5, 5.41) is 3.40. The normalized spacial score (nSPS) is 40.8. The van der Waals surface area contributed by atoms with Gasteiger partial charge in [0.2, 0.25) is 0 Å². The Morgan fingerprint density at radius 2 is 2.20 bits per heavy atom. The van der Waals surface area contributed by atoms with E-state index in [0.29, 0.717) is 6.10 Å². The van der Waals surface area contributed by atoms with Gasteiger partial charge < -0.3 is 10.1 Å². The zero-order valence-corrected chi connectivity index (χ0v) is 6.31. The maximum atomic E-state index is 5.43. The molecule has 2 saturated heterocycles. The minimum atomic E-state index is 0.604. The Labute approximate surface area is 61.9 Å². The van der Waals surface area contributed by atoms with Crippen LogP contribution in [-0.4, -0.2) is 25.8 Å². The highest BCUT2D eigenvalue weighted by molar-refractivity contribution is 4.80. The summed E-state index contributed by atoms with van der Waals surface area (Å²) in [4.78, 5) is 0. The third-order valence-corrected chi connectivity index (χ3v) is 2.60. The fourth-order valence-electron chi connectivity index (χ4n) is 1.82. The van der Waals surface area contributed by atoms with E-state index in [-0.39, 0.29) is 0 Å². The van der Waals surface area contributed by atoms with Crippen molar-refractivity contribution in [3.8, 4) is 0 Å². The van der Waals surface area contributed by atoms with Gasteiger partial charge in [-0.1, -0.05) is 0 Å². The first-order valence-electron chi connectivity index (χ1n) is 4.29. The molecular formula is C8H15NO. The highest BCUT2D eigenvalue weighted by Crippen LogP contribution is 2.25. The molecule has 0 bridgehead atoms. The van der Waals surface area contributed by atoms with Gasteiger partial charge in [0.15, 0.2) is 0 Å². The predicted molar refractivity (Wildman–Crippen MR) is 40.0 cm³/mol. The number of ether oxygens (including phenoxy) is 1. The Kier molecular flexibility index (Phi) is 1.91. The lowest BCUT2D eigenvalue weighted by atomic mass is 9.90. The van der Waals surface area contributed by atoms with E-state index < -0.39 is 0 Å². The van der Waals surface area contributed by atoms with E-state index in [4.69, 9.17) is 4.74 Å². The van der Waals surface area contributed by atoms with E-state index in [1.165, 1.54) is 32.4 Å². The molecule has 0 unspecified atom stereocenters. The van der Waals surface area contributed by atoms with Crippen LogP contribution >= 0.6 is 0 Å². The summed E-state index contributed by atoms with van der Waals surface area (Å²) >= 11 is 0. The largest absolute Gasteiger partial charge is 0.378 e. The third-order valence-electron chi connectivity index (χ3n) is 2.60. The van der Waals surface area contributed by atoms with Crippen LogP contribution in [0, 0.1) is 5.92 Å². The molecule has 0 aliphatic carbocycles. The topological polar surface area (TPSA) is 21.3 Å². The molecule has 1 N–H and O–H groups in total. The lowest BCUT2D eigenvalue weighted by molar-refractivity contribution is -0.0887. The quantitative estimate of drug-likeness (QED) is 0.582. The summed E-state index contributed by atoms with van der Waals surface area (Å²) in [6.45, 7) is 3.40. The second-order valence-corrected chi connectivity index (χ2v) is 3.30. The molecule has 0 aromatic rings. The van der Waals surface area contributed by atoms with Gasteiger partial charge in [0.25, 0.3) is 0 Å². The van der Waals surface area contributed by atoms with Crippen LogP contribution in [0.5, 0.6) is 0 Å². The van der Waals surface area contributed by atoms with Gasteiger partial charge >= 0.3 is 0 Å². The van der Waals surface area contributed by atoms with Crippen molar-refractivity contribution in [3.05, 3.63) is 0 Å². The Hall–Kier alpha value is -0.0800. The molecule has 2 aliphatic rings. The molecule has 0 radical (unpaired) electrons. The van der Waals surface area contributed by atoms with E-state index in [2.05, 4.69) is 5.32 Å². The van der Waals surface area contributed by atoms with Crippen molar-refractivity contribution in [2.75, 3.05) is 19.7 Å². The molecule has 0 amide bonds. The van der Waals surface area contributed by atoms with Crippen LogP contribution in [-0.2, 0) is 4.74 Å². The highest BCUT2D eigenvalue weighted by Gasteiger charge is 2.28. The molecule has 2 nitrogen and oxygen atoms in total. The van der Waals surface area contributed by atoms with Crippen LogP contribution in [0.2, 0.25) is 0 Å². The van der Waals surface area contributed by atoms with Gasteiger partial charge in [0.05, 0.1) is 6.10 Å². The monoisotopic (exact) mass is 141 g/mol. The smallest absolute Gasteiger partial charge is 0.0637 e. The maximum absolute atomic E-state index is 5.43. The average Bonchev–Trinajstić information content (AvgIpc) is 1.86. The van der Waals surface area contributed by atoms with Gasteiger partial charge in [-0.3, -0.25) is 0 Å². The van der Waals surface area contributed by atoms with Crippen molar-refractivity contribution in [1.29, 1.82) is 0 Å². The fourth-order valence-corrected chi connectivity index (χ4v) is 1.82. The molecule has 10 heavy (non-hydrogen) atoms. The SMILES string of the molecule is C1CNC[C@H]([C@H]2CCO2)C1. The fraction of sp³-hybridized carbons (Fsp3) is 1.00. The summed E-state index contributed by atoms with van der Waals surface area (Å²) < 4.78 is 5.43. The standard InChI is InChI=1S/C8H15NO/c1-2-7(6-9-4-1)8-3-5-10-8/h7-9H,1-6H2/t7-,8-/m1/s1. The van der Waals surface area contributed by atoms with E-state index in [1.807, 2.05) is 0 Å². The minimum Gasteiger partial charge on any atom is -0.378 e. The van der Waals surface area contributed by atoms with E-state index in [1.54, 1.807) is 0 Å². The number of rotatable bonds is 1. The molecule has 2 heteroatoms. The predicted octanol–water partition coefficient (Wildman–Crippen LogP) is 0.775. The number of hydrogen-bond acceptors (Lipinski definition) is 2. The van der Waals surface area contributed by atoms with Crippen LogP contribution in [0.15, 0.2) is 0 Å². The van der Waals surface area contributed by atoms with E-state index >= 15 is 0 Å². The summed E-state index contributed by atoms with van der Waals surface area (Å²) in [5.74, 6) is 0.822. The first-order valence-corrected chi connectivity index (χ1v) is 4.29. The van der Waals surface area contributed by atoms with Gasteiger partial charge in [0, 0.05) is 13.2 Å². The Bertz CT molecular complexity index is 106. The van der Waals surface area contributed by atoms with Crippen LogP contribution in [0.25, 0.3) is 0 Å². The van der Waals surface area contributed by atoms with Gasteiger partial charge in [-0.15, -0.1) is 0 Å². The van der Waals surface area contributed by atoms with Crippen LogP contribution < -0.4 is 5.32 Å². The Balaban J connectivity index is 1.78. The van der Waals surface area contributed by atoms with Crippen molar-refractivity contribution in [2.45, 2.75) is 25.4 Å². The third kappa shape index (κ3) is 1.18. The molecular weight excluding hydrogens is 126 g/mol. The second kappa shape index (κ2) is 2.89. The van der Waals surface area contributed by atoms with Gasteiger partial charge in [-0.05, 0) is 31.7 Å².